The number of carbonyl (C=O) groups excluding carboxylic acids is 1. The normalized spacial score (nSPS) is 25.9. The Hall–Kier alpha value is -1.55. The van der Waals surface area contributed by atoms with Crippen molar-refractivity contribution in [3.05, 3.63) is 23.8 Å². The van der Waals surface area contributed by atoms with Gasteiger partial charge in [-0.2, -0.15) is 0 Å². The Labute approximate surface area is 119 Å². The number of rotatable bonds is 2. The number of Topliss-reactive ketones (excluding diaryl/α,β-unsaturated/α-hetero) is 1. The summed E-state index contributed by atoms with van der Waals surface area (Å²) in [5, 5.41) is 0. The van der Waals surface area contributed by atoms with E-state index in [0.717, 1.165) is 43.4 Å². The fourth-order valence-electron chi connectivity index (χ4n) is 2.93. The molecule has 0 radical (unpaired) electrons. The monoisotopic (exact) mass is 275 g/mol. The summed E-state index contributed by atoms with van der Waals surface area (Å²) in [4.78, 5) is 12.5. The average Bonchev–Trinajstić information content (AvgIpc) is 2.71. The zero-order valence-corrected chi connectivity index (χ0v) is 11.6. The molecule has 20 heavy (non-hydrogen) atoms. The minimum Gasteiger partial charge on any atom is -0.490 e. The molecule has 1 aliphatic heterocycles. The van der Waals surface area contributed by atoms with E-state index in [0.29, 0.717) is 19.0 Å². The largest absolute Gasteiger partial charge is 0.490 e. The summed E-state index contributed by atoms with van der Waals surface area (Å²) in [6.07, 6.45) is 4.56. The van der Waals surface area contributed by atoms with E-state index < -0.39 is 0 Å². The van der Waals surface area contributed by atoms with E-state index in [2.05, 4.69) is 0 Å². The van der Waals surface area contributed by atoms with Gasteiger partial charge in [-0.1, -0.05) is 0 Å². The Bertz CT molecular complexity index is 492. The van der Waals surface area contributed by atoms with Crippen LogP contribution in [0.15, 0.2) is 18.2 Å². The van der Waals surface area contributed by atoms with Crippen molar-refractivity contribution in [1.29, 1.82) is 0 Å². The molecule has 0 unspecified atom stereocenters. The van der Waals surface area contributed by atoms with Crippen molar-refractivity contribution in [2.75, 3.05) is 13.2 Å². The van der Waals surface area contributed by atoms with E-state index in [-0.39, 0.29) is 17.7 Å². The third-order valence-corrected chi connectivity index (χ3v) is 4.17. The molecule has 1 aromatic carbocycles. The van der Waals surface area contributed by atoms with Gasteiger partial charge >= 0.3 is 0 Å². The van der Waals surface area contributed by atoms with E-state index >= 15 is 0 Å². The van der Waals surface area contributed by atoms with Gasteiger partial charge in [-0.15, -0.1) is 0 Å². The molecule has 2 aliphatic rings. The van der Waals surface area contributed by atoms with Gasteiger partial charge < -0.3 is 15.2 Å². The number of nitrogens with two attached hydrogens (primary N) is 1. The second-order valence-corrected chi connectivity index (χ2v) is 5.69. The quantitative estimate of drug-likeness (QED) is 0.843. The van der Waals surface area contributed by atoms with Crippen LogP contribution >= 0.6 is 0 Å². The van der Waals surface area contributed by atoms with Gasteiger partial charge in [-0.3, -0.25) is 4.79 Å². The van der Waals surface area contributed by atoms with Crippen molar-refractivity contribution in [3.63, 3.8) is 0 Å². The maximum atomic E-state index is 12.5. The first kappa shape index (κ1) is 13.4. The van der Waals surface area contributed by atoms with Crippen LogP contribution in [0.3, 0.4) is 0 Å². The molecule has 2 N–H and O–H groups in total. The Kier molecular flexibility index (Phi) is 3.92. The fourth-order valence-corrected chi connectivity index (χ4v) is 2.93. The average molecular weight is 275 g/mol. The van der Waals surface area contributed by atoms with Crippen molar-refractivity contribution in [2.24, 2.45) is 11.7 Å². The lowest BCUT2D eigenvalue weighted by molar-refractivity contribution is 0.0884. The summed E-state index contributed by atoms with van der Waals surface area (Å²) in [7, 11) is 0. The van der Waals surface area contributed by atoms with Gasteiger partial charge in [0.05, 0.1) is 13.2 Å². The first-order valence-electron chi connectivity index (χ1n) is 7.43. The first-order valence-corrected chi connectivity index (χ1v) is 7.43. The van der Waals surface area contributed by atoms with Gasteiger partial charge in [-0.05, 0) is 43.9 Å². The van der Waals surface area contributed by atoms with E-state index in [9.17, 15) is 4.79 Å². The number of benzene rings is 1. The lowest BCUT2D eigenvalue weighted by Gasteiger charge is -2.25. The molecule has 108 valence electrons. The van der Waals surface area contributed by atoms with Gasteiger partial charge in [-0.25, -0.2) is 0 Å². The van der Waals surface area contributed by atoms with Gasteiger partial charge in [0, 0.05) is 23.9 Å². The highest BCUT2D eigenvalue weighted by atomic mass is 16.5. The van der Waals surface area contributed by atoms with Crippen LogP contribution in [0.25, 0.3) is 0 Å². The summed E-state index contributed by atoms with van der Waals surface area (Å²) in [5.41, 5.74) is 6.63. The molecule has 0 aromatic heterocycles. The number of fused-ring (bicyclic) bond motifs is 1. The Balaban J connectivity index is 1.76. The van der Waals surface area contributed by atoms with Crippen molar-refractivity contribution < 1.29 is 14.3 Å². The summed E-state index contributed by atoms with van der Waals surface area (Å²) in [6, 6.07) is 5.80. The molecule has 1 aromatic rings. The summed E-state index contributed by atoms with van der Waals surface area (Å²) in [6.45, 7) is 1.31. The van der Waals surface area contributed by atoms with E-state index in [4.69, 9.17) is 15.2 Å². The predicted molar refractivity (Wildman–Crippen MR) is 76.3 cm³/mol. The maximum absolute atomic E-state index is 12.5. The van der Waals surface area contributed by atoms with Crippen molar-refractivity contribution in [1.82, 2.24) is 0 Å². The van der Waals surface area contributed by atoms with Crippen LogP contribution in [-0.4, -0.2) is 25.0 Å². The number of hydrogen-bond acceptors (Lipinski definition) is 4. The topological polar surface area (TPSA) is 61.6 Å². The molecule has 3 rings (SSSR count). The Morgan fingerprint density at radius 1 is 1.05 bits per heavy atom. The van der Waals surface area contributed by atoms with Crippen LogP contribution in [0, 0.1) is 5.92 Å². The lowest BCUT2D eigenvalue weighted by Crippen LogP contribution is -2.29. The third-order valence-electron chi connectivity index (χ3n) is 4.17. The second kappa shape index (κ2) is 5.83. The molecular formula is C16H21NO3. The molecule has 1 aliphatic carbocycles. The van der Waals surface area contributed by atoms with Crippen LogP contribution in [0.2, 0.25) is 0 Å². The number of hydrogen-bond donors (Lipinski definition) is 1. The second-order valence-electron chi connectivity index (χ2n) is 5.69. The number of ketones is 1. The molecule has 0 bridgehead atoms. The molecule has 1 saturated carbocycles. The molecule has 1 fully saturated rings. The maximum Gasteiger partial charge on any atom is 0.166 e. The zero-order chi connectivity index (χ0) is 13.9. The van der Waals surface area contributed by atoms with Gasteiger partial charge in [0.2, 0.25) is 0 Å². The van der Waals surface area contributed by atoms with E-state index in [1.807, 2.05) is 18.2 Å². The predicted octanol–water partition coefficient (Wildman–Crippen LogP) is 2.55. The molecule has 1 heterocycles. The highest BCUT2D eigenvalue weighted by Crippen LogP contribution is 2.33. The molecule has 4 heteroatoms. The highest BCUT2D eigenvalue weighted by Gasteiger charge is 2.26. The van der Waals surface area contributed by atoms with Crippen LogP contribution in [-0.2, 0) is 0 Å². The van der Waals surface area contributed by atoms with Crippen molar-refractivity contribution >= 4 is 5.78 Å². The van der Waals surface area contributed by atoms with Crippen LogP contribution in [0.1, 0.15) is 42.5 Å². The molecule has 0 saturated heterocycles. The molecule has 0 spiro atoms. The fraction of sp³-hybridized carbons (Fsp3) is 0.562. The number of ether oxygens (including phenoxy) is 2. The van der Waals surface area contributed by atoms with Gasteiger partial charge in [0.15, 0.2) is 17.3 Å². The minimum absolute atomic E-state index is 0.111. The highest BCUT2D eigenvalue weighted by molar-refractivity contribution is 5.98. The lowest BCUT2D eigenvalue weighted by atomic mass is 9.82. The van der Waals surface area contributed by atoms with E-state index in [1.165, 1.54) is 0 Å². The SMILES string of the molecule is NC1CCC(C(=O)c2ccc3c(c2)OCCCO3)CC1. The van der Waals surface area contributed by atoms with Crippen LogP contribution < -0.4 is 15.2 Å². The summed E-state index contributed by atoms with van der Waals surface area (Å²) in [5.74, 6) is 1.76. The molecule has 0 amide bonds. The third kappa shape index (κ3) is 2.80. The van der Waals surface area contributed by atoms with Gasteiger partial charge in [0.25, 0.3) is 0 Å². The molecular weight excluding hydrogens is 254 g/mol. The minimum atomic E-state index is 0.111. The summed E-state index contributed by atoms with van der Waals surface area (Å²) >= 11 is 0. The van der Waals surface area contributed by atoms with Crippen molar-refractivity contribution in [2.45, 2.75) is 38.1 Å². The Morgan fingerprint density at radius 3 is 2.50 bits per heavy atom. The first-order chi connectivity index (χ1) is 9.74. The zero-order valence-electron chi connectivity index (χ0n) is 11.6. The van der Waals surface area contributed by atoms with E-state index in [1.54, 1.807) is 0 Å². The van der Waals surface area contributed by atoms with Crippen LogP contribution in [0.5, 0.6) is 11.5 Å². The smallest absolute Gasteiger partial charge is 0.166 e. The summed E-state index contributed by atoms with van der Waals surface area (Å²) < 4.78 is 11.2. The van der Waals surface area contributed by atoms with Crippen molar-refractivity contribution in [3.8, 4) is 11.5 Å². The molecule has 4 nitrogen and oxygen atoms in total. The van der Waals surface area contributed by atoms with Crippen LogP contribution in [0.4, 0.5) is 0 Å². The number of carbonyl (C=O) groups is 1. The van der Waals surface area contributed by atoms with Gasteiger partial charge in [0.1, 0.15) is 0 Å². The Morgan fingerprint density at radius 2 is 1.75 bits per heavy atom. The standard InChI is InChI=1S/C16H21NO3/c17-13-5-2-11(3-6-13)16(18)12-4-7-14-15(10-12)20-9-1-8-19-14/h4,7,10-11,13H,1-3,5-6,8-9,17H2. The molecule has 0 atom stereocenters.